The number of carbonyl (C=O) groups excluding carboxylic acids is 2. The summed E-state index contributed by atoms with van der Waals surface area (Å²) in [5.74, 6) is -0.635. The van der Waals surface area contributed by atoms with Gasteiger partial charge in [-0.3, -0.25) is 4.79 Å². The fourth-order valence-corrected chi connectivity index (χ4v) is 2.03. The molecule has 5 nitrogen and oxygen atoms in total. The Morgan fingerprint density at radius 2 is 1.83 bits per heavy atom. The van der Waals surface area contributed by atoms with Crippen molar-refractivity contribution in [2.45, 2.75) is 19.3 Å². The molecule has 1 saturated heterocycles. The molecule has 2 heterocycles. The van der Waals surface area contributed by atoms with Crippen molar-refractivity contribution in [3.63, 3.8) is 0 Å². The first-order valence-corrected chi connectivity index (χ1v) is 6.07. The van der Waals surface area contributed by atoms with Crippen molar-refractivity contribution in [1.29, 1.82) is 0 Å². The van der Waals surface area contributed by atoms with E-state index < -0.39 is 5.97 Å². The Kier molecular flexibility index (Phi) is 3.92. The zero-order valence-electron chi connectivity index (χ0n) is 10.4. The molecular formula is C13H16N2O3. The number of rotatable bonds is 2. The first-order valence-electron chi connectivity index (χ1n) is 6.07. The molecule has 1 aromatic rings. The number of piperidine rings is 1. The third kappa shape index (κ3) is 2.67. The summed E-state index contributed by atoms with van der Waals surface area (Å²) in [6.07, 6.45) is 3.23. The number of nitrogens with zero attached hydrogens (tertiary/aromatic N) is 2. The van der Waals surface area contributed by atoms with Gasteiger partial charge in [0.15, 0.2) is 0 Å². The summed E-state index contributed by atoms with van der Waals surface area (Å²) in [5.41, 5.74) is 0.472. The lowest BCUT2D eigenvalue weighted by atomic mass is 10.1. The zero-order chi connectivity index (χ0) is 13.0. The third-order valence-electron chi connectivity index (χ3n) is 3.01. The predicted molar refractivity (Wildman–Crippen MR) is 65.3 cm³/mol. The number of hydrogen-bond donors (Lipinski definition) is 0. The summed E-state index contributed by atoms with van der Waals surface area (Å²) in [4.78, 5) is 29.4. The van der Waals surface area contributed by atoms with E-state index in [1.807, 2.05) is 0 Å². The summed E-state index contributed by atoms with van der Waals surface area (Å²) < 4.78 is 4.59. The van der Waals surface area contributed by atoms with Crippen LogP contribution in [0.25, 0.3) is 0 Å². The fourth-order valence-electron chi connectivity index (χ4n) is 2.03. The highest BCUT2D eigenvalue weighted by Gasteiger charge is 2.20. The summed E-state index contributed by atoms with van der Waals surface area (Å²) in [6.45, 7) is 1.53. The normalized spacial score (nSPS) is 15.3. The van der Waals surface area contributed by atoms with Crippen LogP contribution in [0.5, 0.6) is 0 Å². The van der Waals surface area contributed by atoms with Gasteiger partial charge in [0.2, 0.25) is 0 Å². The second-order valence-corrected chi connectivity index (χ2v) is 4.25. The van der Waals surface area contributed by atoms with Crippen molar-refractivity contribution in [1.82, 2.24) is 9.88 Å². The van der Waals surface area contributed by atoms with Gasteiger partial charge in [0.1, 0.15) is 11.4 Å². The highest BCUT2D eigenvalue weighted by atomic mass is 16.5. The first kappa shape index (κ1) is 12.5. The highest BCUT2D eigenvalue weighted by Crippen LogP contribution is 2.12. The van der Waals surface area contributed by atoms with Gasteiger partial charge in [-0.2, -0.15) is 0 Å². The molecule has 0 atom stereocenters. The Bertz CT molecular complexity index is 453. The number of pyridine rings is 1. The number of likely N-dealkylation sites (tertiary alicyclic amines) is 1. The lowest BCUT2D eigenvalue weighted by Gasteiger charge is -2.26. The van der Waals surface area contributed by atoms with E-state index in [0.29, 0.717) is 5.69 Å². The molecule has 0 spiro atoms. The van der Waals surface area contributed by atoms with Gasteiger partial charge in [-0.05, 0) is 31.4 Å². The van der Waals surface area contributed by atoms with Crippen LogP contribution in [0.1, 0.15) is 40.2 Å². The summed E-state index contributed by atoms with van der Waals surface area (Å²) in [6, 6.07) is 4.82. The van der Waals surface area contributed by atoms with Gasteiger partial charge >= 0.3 is 5.97 Å². The monoisotopic (exact) mass is 248 g/mol. The van der Waals surface area contributed by atoms with E-state index in [4.69, 9.17) is 0 Å². The molecule has 1 aliphatic rings. The van der Waals surface area contributed by atoms with Gasteiger partial charge < -0.3 is 9.64 Å². The van der Waals surface area contributed by atoms with Crippen molar-refractivity contribution in [2.24, 2.45) is 0 Å². The largest absolute Gasteiger partial charge is 0.464 e. The topological polar surface area (TPSA) is 59.5 Å². The number of ether oxygens (including phenoxy) is 1. The van der Waals surface area contributed by atoms with Crippen LogP contribution in [-0.2, 0) is 4.74 Å². The van der Waals surface area contributed by atoms with Crippen molar-refractivity contribution in [3.8, 4) is 0 Å². The molecule has 0 unspecified atom stereocenters. The van der Waals surface area contributed by atoms with Gasteiger partial charge in [0, 0.05) is 13.1 Å². The molecule has 96 valence electrons. The van der Waals surface area contributed by atoms with Crippen LogP contribution >= 0.6 is 0 Å². The standard InChI is InChI=1S/C13H16N2O3/c1-18-13(17)11-7-5-6-10(14-11)12(16)15-8-3-2-4-9-15/h5-7H,2-4,8-9H2,1H3. The highest BCUT2D eigenvalue weighted by molar-refractivity contribution is 5.94. The maximum atomic E-state index is 12.2. The Hall–Kier alpha value is -1.91. The molecule has 2 rings (SSSR count). The second-order valence-electron chi connectivity index (χ2n) is 4.25. The van der Waals surface area contributed by atoms with Crippen molar-refractivity contribution in [2.75, 3.05) is 20.2 Å². The van der Waals surface area contributed by atoms with Gasteiger partial charge in [0.25, 0.3) is 5.91 Å². The van der Waals surface area contributed by atoms with Crippen LogP contribution in [0.2, 0.25) is 0 Å². The minimum atomic E-state index is -0.525. The minimum Gasteiger partial charge on any atom is -0.464 e. The van der Waals surface area contributed by atoms with Gasteiger partial charge in [-0.1, -0.05) is 6.07 Å². The molecule has 5 heteroatoms. The zero-order valence-corrected chi connectivity index (χ0v) is 10.4. The average Bonchev–Trinajstić information content (AvgIpc) is 2.46. The summed E-state index contributed by atoms with van der Waals surface area (Å²) >= 11 is 0. The van der Waals surface area contributed by atoms with Crippen LogP contribution in [0.4, 0.5) is 0 Å². The van der Waals surface area contributed by atoms with E-state index in [0.717, 1.165) is 25.9 Å². The van der Waals surface area contributed by atoms with Crippen molar-refractivity contribution < 1.29 is 14.3 Å². The summed E-state index contributed by atoms with van der Waals surface area (Å²) in [7, 11) is 1.29. The van der Waals surface area contributed by atoms with E-state index in [2.05, 4.69) is 9.72 Å². The molecule has 18 heavy (non-hydrogen) atoms. The number of amides is 1. The smallest absolute Gasteiger partial charge is 0.356 e. The van der Waals surface area contributed by atoms with Crippen LogP contribution < -0.4 is 0 Å². The number of esters is 1. The third-order valence-corrected chi connectivity index (χ3v) is 3.01. The van der Waals surface area contributed by atoms with E-state index in [9.17, 15) is 9.59 Å². The van der Waals surface area contributed by atoms with Crippen LogP contribution in [0.15, 0.2) is 18.2 Å². The molecule has 1 aliphatic heterocycles. The molecule has 0 bridgehead atoms. The molecule has 0 N–H and O–H groups in total. The maximum Gasteiger partial charge on any atom is 0.356 e. The molecule has 1 amide bonds. The SMILES string of the molecule is COC(=O)c1cccc(C(=O)N2CCCCC2)n1. The average molecular weight is 248 g/mol. The Labute approximate surface area is 106 Å². The van der Waals surface area contributed by atoms with Gasteiger partial charge in [-0.15, -0.1) is 0 Å². The Morgan fingerprint density at radius 3 is 2.50 bits per heavy atom. The number of carbonyl (C=O) groups is 2. The van der Waals surface area contributed by atoms with Crippen molar-refractivity contribution >= 4 is 11.9 Å². The number of hydrogen-bond acceptors (Lipinski definition) is 4. The lowest BCUT2D eigenvalue weighted by molar-refractivity contribution is 0.0593. The predicted octanol–water partition coefficient (Wildman–Crippen LogP) is 1.49. The minimum absolute atomic E-state index is 0.111. The fraction of sp³-hybridized carbons (Fsp3) is 0.462. The van der Waals surface area contributed by atoms with Crippen molar-refractivity contribution in [3.05, 3.63) is 29.6 Å². The number of methoxy groups -OCH3 is 1. The Morgan fingerprint density at radius 1 is 1.17 bits per heavy atom. The second kappa shape index (κ2) is 5.62. The molecular weight excluding hydrogens is 232 g/mol. The lowest BCUT2D eigenvalue weighted by Crippen LogP contribution is -2.36. The molecule has 0 radical (unpaired) electrons. The van der Waals surface area contributed by atoms with Crippen LogP contribution in [0, 0.1) is 0 Å². The van der Waals surface area contributed by atoms with E-state index in [1.165, 1.54) is 13.5 Å². The van der Waals surface area contributed by atoms with E-state index in [1.54, 1.807) is 23.1 Å². The Balaban J connectivity index is 2.17. The van der Waals surface area contributed by atoms with Gasteiger partial charge in [0.05, 0.1) is 7.11 Å². The molecule has 1 fully saturated rings. The molecule has 0 aromatic carbocycles. The van der Waals surface area contributed by atoms with E-state index in [-0.39, 0.29) is 11.6 Å². The molecule has 1 aromatic heterocycles. The van der Waals surface area contributed by atoms with E-state index >= 15 is 0 Å². The van der Waals surface area contributed by atoms with Gasteiger partial charge in [-0.25, -0.2) is 9.78 Å². The summed E-state index contributed by atoms with van der Waals surface area (Å²) in [5, 5.41) is 0. The van der Waals surface area contributed by atoms with Crippen LogP contribution in [-0.4, -0.2) is 42.0 Å². The molecule has 0 saturated carbocycles. The quantitative estimate of drug-likeness (QED) is 0.744. The first-order chi connectivity index (χ1) is 8.72. The number of aromatic nitrogens is 1. The van der Waals surface area contributed by atoms with Crippen LogP contribution in [0.3, 0.4) is 0 Å². The molecule has 0 aliphatic carbocycles. The maximum absolute atomic E-state index is 12.2.